The highest BCUT2D eigenvalue weighted by Crippen LogP contribution is 2.27. The quantitative estimate of drug-likeness (QED) is 0.599. The summed E-state index contributed by atoms with van der Waals surface area (Å²) in [4.78, 5) is 0. The molecule has 1 aliphatic carbocycles. The van der Waals surface area contributed by atoms with Crippen LogP contribution in [-0.2, 0) is 4.74 Å². The smallest absolute Gasteiger partial charge is 0.0612 e. The maximum Gasteiger partial charge on any atom is 0.0612 e. The molecule has 1 unspecified atom stereocenters. The largest absolute Gasteiger partial charge is 0.402 e. The van der Waals surface area contributed by atoms with Gasteiger partial charge in [0, 0.05) is 12.8 Å². The van der Waals surface area contributed by atoms with Crippen molar-refractivity contribution in [2.45, 2.75) is 32.3 Å². The summed E-state index contributed by atoms with van der Waals surface area (Å²) in [7, 11) is 1.76. The van der Waals surface area contributed by atoms with Gasteiger partial charge in [0.2, 0.25) is 0 Å². The topological polar surface area (TPSA) is 35.2 Å². The molecule has 1 fully saturated rings. The van der Waals surface area contributed by atoms with Gasteiger partial charge in [0.1, 0.15) is 0 Å². The van der Waals surface area contributed by atoms with E-state index in [4.69, 9.17) is 10.5 Å². The Bertz CT molecular complexity index is 147. The summed E-state index contributed by atoms with van der Waals surface area (Å²) in [5.74, 6) is 0. The molecular weight excluding hydrogens is 126 g/mol. The van der Waals surface area contributed by atoms with Crippen molar-refractivity contribution in [3.05, 3.63) is 11.3 Å². The molecule has 0 bridgehead atoms. The van der Waals surface area contributed by atoms with Crippen molar-refractivity contribution in [2.24, 2.45) is 5.73 Å². The summed E-state index contributed by atoms with van der Waals surface area (Å²) >= 11 is 0. The predicted octanol–water partition coefficient (Wildman–Crippen LogP) is 1.42. The molecule has 2 heteroatoms. The molecule has 0 amide bonds. The van der Waals surface area contributed by atoms with Crippen molar-refractivity contribution >= 4 is 0 Å². The third-order valence-electron chi connectivity index (χ3n) is 2.13. The first kappa shape index (κ1) is 7.61. The van der Waals surface area contributed by atoms with Crippen LogP contribution < -0.4 is 5.73 Å². The van der Waals surface area contributed by atoms with E-state index >= 15 is 0 Å². The number of ether oxygens (including phenoxy) is 1. The standard InChI is InChI=1S/C8H15NO/c1-6(9)7-3-4-8(5-7)10-2/h8H,3-5,9H2,1-2H3. The zero-order valence-corrected chi connectivity index (χ0v) is 6.68. The number of rotatable bonds is 1. The minimum Gasteiger partial charge on any atom is -0.402 e. The third kappa shape index (κ3) is 1.51. The first-order valence-electron chi connectivity index (χ1n) is 3.71. The van der Waals surface area contributed by atoms with E-state index in [9.17, 15) is 0 Å². The van der Waals surface area contributed by atoms with Crippen molar-refractivity contribution in [3.63, 3.8) is 0 Å². The molecular formula is C8H15NO. The van der Waals surface area contributed by atoms with Gasteiger partial charge < -0.3 is 10.5 Å². The highest BCUT2D eigenvalue weighted by atomic mass is 16.5. The molecule has 0 aliphatic heterocycles. The summed E-state index contributed by atoms with van der Waals surface area (Å²) in [6, 6.07) is 0. The molecule has 0 heterocycles. The predicted molar refractivity (Wildman–Crippen MR) is 41.5 cm³/mol. The SMILES string of the molecule is COC1CCC(=C(C)N)C1. The summed E-state index contributed by atoms with van der Waals surface area (Å²) < 4.78 is 5.20. The molecule has 1 rings (SSSR count). The molecule has 2 N–H and O–H groups in total. The molecule has 1 atom stereocenters. The zero-order valence-electron chi connectivity index (χ0n) is 6.68. The lowest BCUT2D eigenvalue weighted by atomic mass is 10.2. The number of hydrogen-bond acceptors (Lipinski definition) is 2. The summed E-state index contributed by atoms with van der Waals surface area (Å²) in [6.45, 7) is 1.97. The normalized spacial score (nSPS) is 30.8. The van der Waals surface area contributed by atoms with Crippen LogP contribution in [0.4, 0.5) is 0 Å². The van der Waals surface area contributed by atoms with E-state index in [1.54, 1.807) is 7.11 Å². The number of hydrogen-bond donors (Lipinski definition) is 1. The molecule has 0 radical (unpaired) electrons. The van der Waals surface area contributed by atoms with E-state index in [1.165, 1.54) is 5.57 Å². The fourth-order valence-corrected chi connectivity index (χ4v) is 1.37. The maximum absolute atomic E-state index is 5.64. The Balaban J connectivity index is 2.51. The van der Waals surface area contributed by atoms with Gasteiger partial charge in [-0.05, 0) is 31.8 Å². The Labute approximate surface area is 62.1 Å². The zero-order chi connectivity index (χ0) is 7.56. The fraction of sp³-hybridized carbons (Fsp3) is 0.750. The second-order valence-corrected chi connectivity index (χ2v) is 2.89. The molecule has 1 aliphatic rings. The van der Waals surface area contributed by atoms with Crippen LogP contribution >= 0.6 is 0 Å². The fourth-order valence-electron chi connectivity index (χ4n) is 1.37. The van der Waals surface area contributed by atoms with E-state index < -0.39 is 0 Å². The van der Waals surface area contributed by atoms with E-state index in [0.29, 0.717) is 6.10 Å². The van der Waals surface area contributed by atoms with E-state index in [-0.39, 0.29) is 0 Å². The second-order valence-electron chi connectivity index (χ2n) is 2.89. The Morgan fingerprint density at radius 1 is 1.70 bits per heavy atom. The number of methoxy groups -OCH3 is 1. The molecule has 0 aromatic heterocycles. The number of allylic oxidation sites excluding steroid dienone is 1. The Hall–Kier alpha value is -0.500. The highest BCUT2D eigenvalue weighted by Gasteiger charge is 2.19. The van der Waals surface area contributed by atoms with Crippen LogP contribution in [0.1, 0.15) is 26.2 Å². The first-order valence-corrected chi connectivity index (χ1v) is 3.71. The van der Waals surface area contributed by atoms with Crippen molar-refractivity contribution in [2.75, 3.05) is 7.11 Å². The van der Waals surface area contributed by atoms with Crippen LogP contribution in [0.15, 0.2) is 11.3 Å². The van der Waals surface area contributed by atoms with Gasteiger partial charge in [-0.1, -0.05) is 0 Å². The average Bonchev–Trinajstić information content (AvgIpc) is 2.34. The lowest BCUT2D eigenvalue weighted by Gasteiger charge is -2.03. The van der Waals surface area contributed by atoms with E-state index in [0.717, 1.165) is 25.0 Å². The molecule has 2 nitrogen and oxygen atoms in total. The lowest BCUT2D eigenvalue weighted by Crippen LogP contribution is -2.03. The van der Waals surface area contributed by atoms with Crippen LogP contribution in [0.2, 0.25) is 0 Å². The van der Waals surface area contributed by atoms with Gasteiger partial charge in [-0.15, -0.1) is 0 Å². The van der Waals surface area contributed by atoms with Gasteiger partial charge in [0.15, 0.2) is 0 Å². The van der Waals surface area contributed by atoms with E-state index in [1.807, 2.05) is 6.92 Å². The van der Waals surface area contributed by atoms with Crippen molar-refractivity contribution < 1.29 is 4.74 Å². The molecule has 0 aromatic carbocycles. The highest BCUT2D eigenvalue weighted by molar-refractivity contribution is 5.14. The van der Waals surface area contributed by atoms with Gasteiger partial charge in [-0.3, -0.25) is 0 Å². The van der Waals surface area contributed by atoms with Crippen LogP contribution in [0.25, 0.3) is 0 Å². The van der Waals surface area contributed by atoms with Crippen LogP contribution in [0.5, 0.6) is 0 Å². The average molecular weight is 141 g/mol. The molecule has 0 saturated heterocycles. The van der Waals surface area contributed by atoms with Crippen molar-refractivity contribution in [1.82, 2.24) is 0 Å². The van der Waals surface area contributed by atoms with Gasteiger partial charge in [-0.25, -0.2) is 0 Å². The molecule has 0 aromatic rings. The minimum atomic E-state index is 0.425. The first-order chi connectivity index (χ1) is 4.74. The summed E-state index contributed by atoms with van der Waals surface area (Å²) in [6.07, 6.45) is 3.73. The van der Waals surface area contributed by atoms with Gasteiger partial charge in [-0.2, -0.15) is 0 Å². The van der Waals surface area contributed by atoms with E-state index in [2.05, 4.69) is 0 Å². The van der Waals surface area contributed by atoms with Gasteiger partial charge >= 0.3 is 0 Å². The lowest BCUT2D eigenvalue weighted by molar-refractivity contribution is 0.111. The van der Waals surface area contributed by atoms with Gasteiger partial charge in [0.25, 0.3) is 0 Å². The molecule has 10 heavy (non-hydrogen) atoms. The van der Waals surface area contributed by atoms with Crippen LogP contribution in [-0.4, -0.2) is 13.2 Å². The van der Waals surface area contributed by atoms with Crippen molar-refractivity contribution in [3.8, 4) is 0 Å². The third-order valence-corrected chi connectivity index (χ3v) is 2.13. The Morgan fingerprint density at radius 2 is 2.40 bits per heavy atom. The monoisotopic (exact) mass is 141 g/mol. The Morgan fingerprint density at radius 3 is 2.70 bits per heavy atom. The van der Waals surface area contributed by atoms with Crippen LogP contribution in [0.3, 0.4) is 0 Å². The molecule has 0 spiro atoms. The maximum atomic E-state index is 5.64. The Kier molecular flexibility index (Phi) is 2.33. The summed E-state index contributed by atoms with van der Waals surface area (Å²) in [5, 5.41) is 0. The van der Waals surface area contributed by atoms with Gasteiger partial charge in [0.05, 0.1) is 6.10 Å². The second kappa shape index (κ2) is 3.06. The number of nitrogens with two attached hydrogens (primary N) is 1. The minimum absolute atomic E-state index is 0.425. The molecule has 1 saturated carbocycles. The summed E-state index contributed by atoms with van der Waals surface area (Å²) in [5.41, 5.74) is 8.01. The van der Waals surface area contributed by atoms with Crippen LogP contribution in [0, 0.1) is 0 Å². The van der Waals surface area contributed by atoms with Crippen molar-refractivity contribution in [1.29, 1.82) is 0 Å². The molecule has 58 valence electrons.